The third-order valence-electron chi connectivity index (χ3n) is 6.04. The maximum atomic E-state index is 9.50. The molecule has 1 aliphatic rings. The van der Waals surface area contributed by atoms with Crippen LogP contribution in [0.2, 0.25) is 0 Å². The van der Waals surface area contributed by atoms with Crippen LogP contribution in [-0.2, 0) is 13.0 Å². The predicted octanol–water partition coefficient (Wildman–Crippen LogP) is 5.32. The lowest BCUT2D eigenvalue weighted by Crippen LogP contribution is -2.02. The van der Waals surface area contributed by atoms with Crippen molar-refractivity contribution in [2.24, 2.45) is 0 Å². The van der Waals surface area contributed by atoms with Crippen LogP contribution >= 0.6 is 22.6 Å². The van der Waals surface area contributed by atoms with Crippen LogP contribution in [0.25, 0.3) is 22.3 Å². The first kappa shape index (κ1) is 20.8. The fourth-order valence-corrected chi connectivity index (χ4v) is 5.08. The van der Waals surface area contributed by atoms with Crippen molar-refractivity contribution < 1.29 is 9.47 Å². The molecule has 160 valence electrons. The molecule has 0 amide bonds. The molecule has 0 radical (unpaired) electrons. The smallest absolute Gasteiger partial charge is 0.149 e. The van der Waals surface area contributed by atoms with Crippen molar-refractivity contribution in [2.45, 2.75) is 25.3 Å². The van der Waals surface area contributed by atoms with Crippen molar-refractivity contribution in [3.63, 3.8) is 0 Å². The van der Waals surface area contributed by atoms with Gasteiger partial charge in [-0.3, -0.25) is 4.68 Å². The highest BCUT2D eigenvalue weighted by atomic mass is 127. The highest BCUT2D eigenvalue weighted by Crippen LogP contribution is 2.41. The molecule has 0 saturated heterocycles. The molecule has 0 spiro atoms. The molecule has 2 aromatic carbocycles. The van der Waals surface area contributed by atoms with Crippen LogP contribution in [0.4, 0.5) is 0 Å². The van der Waals surface area contributed by atoms with Crippen LogP contribution in [0.15, 0.2) is 48.5 Å². The number of methoxy groups -OCH3 is 2. The Morgan fingerprint density at radius 1 is 1.16 bits per heavy atom. The van der Waals surface area contributed by atoms with E-state index in [0.717, 1.165) is 55.7 Å². The molecule has 7 heteroatoms. The van der Waals surface area contributed by atoms with E-state index in [4.69, 9.17) is 19.6 Å². The maximum absolute atomic E-state index is 9.50. The van der Waals surface area contributed by atoms with Gasteiger partial charge in [-0.15, -0.1) is 0 Å². The summed E-state index contributed by atoms with van der Waals surface area (Å²) in [6.07, 6.45) is 1.73. The van der Waals surface area contributed by atoms with E-state index in [1.807, 2.05) is 41.1 Å². The van der Waals surface area contributed by atoms with Crippen molar-refractivity contribution in [1.82, 2.24) is 14.8 Å². The Morgan fingerprint density at radius 2 is 1.97 bits per heavy atom. The summed E-state index contributed by atoms with van der Waals surface area (Å²) in [5.74, 6) is 1.49. The molecule has 0 bridgehead atoms. The Balaban J connectivity index is 1.61. The van der Waals surface area contributed by atoms with Gasteiger partial charge in [-0.2, -0.15) is 10.4 Å². The predicted molar refractivity (Wildman–Crippen MR) is 131 cm³/mol. The van der Waals surface area contributed by atoms with Gasteiger partial charge in [0.2, 0.25) is 0 Å². The molecular weight excluding hydrogens is 515 g/mol. The number of hydrogen-bond donors (Lipinski definition) is 0. The van der Waals surface area contributed by atoms with Gasteiger partial charge in [0.1, 0.15) is 26.4 Å². The molecule has 1 unspecified atom stereocenters. The Labute approximate surface area is 199 Å². The second-order valence-corrected chi connectivity index (χ2v) is 8.82. The summed E-state index contributed by atoms with van der Waals surface area (Å²) in [7, 11) is 3.33. The SMILES string of the molecule is COc1ccc(Cn2nc(I)c3nc(-c4cccc5c4CCC5C#N)c(OC)cc32)cc1. The number of rotatable bonds is 5. The lowest BCUT2D eigenvalue weighted by Gasteiger charge is -2.13. The number of halogens is 1. The van der Waals surface area contributed by atoms with E-state index in [2.05, 4.69) is 40.8 Å². The summed E-state index contributed by atoms with van der Waals surface area (Å²) in [6, 6.07) is 18.6. The van der Waals surface area contributed by atoms with Crippen LogP contribution in [0.1, 0.15) is 29.0 Å². The molecular formula is C25H21IN4O2. The molecule has 32 heavy (non-hydrogen) atoms. The molecule has 0 saturated carbocycles. The van der Waals surface area contributed by atoms with Gasteiger partial charge < -0.3 is 9.47 Å². The number of aromatic nitrogens is 3. The van der Waals surface area contributed by atoms with Crippen LogP contribution < -0.4 is 9.47 Å². The second-order valence-electron chi connectivity index (χ2n) is 7.80. The Hall–Kier alpha value is -3.12. The summed E-state index contributed by atoms with van der Waals surface area (Å²) in [5.41, 5.74) is 7.05. The zero-order valence-corrected chi connectivity index (χ0v) is 20.0. The highest BCUT2D eigenvalue weighted by Gasteiger charge is 2.27. The first-order valence-corrected chi connectivity index (χ1v) is 11.5. The number of nitriles is 1. The Bertz CT molecular complexity index is 1360. The summed E-state index contributed by atoms with van der Waals surface area (Å²) in [5, 5.41) is 14.2. The third-order valence-corrected chi connectivity index (χ3v) is 6.77. The standard InChI is InChI=1S/C25H21IN4O2/c1-31-17-9-6-15(7-10-17)14-30-21-12-22(32-2)23(28-24(21)25(26)29-30)20-5-3-4-18-16(13-27)8-11-19(18)20/h3-7,9-10,12,16H,8,11,14H2,1-2H3. The topological polar surface area (TPSA) is 73.0 Å². The van der Waals surface area contributed by atoms with Gasteiger partial charge in [0.05, 0.1) is 38.3 Å². The Morgan fingerprint density at radius 3 is 2.69 bits per heavy atom. The molecule has 0 fully saturated rings. The monoisotopic (exact) mass is 536 g/mol. The molecule has 1 atom stereocenters. The van der Waals surface area contributed by atoms with Crippen molar-refractivity contribution in [3.05, 3.63) is 68.9 Å². The molecule has 2 aromatic heterocycles. The highest BCUT2D eigenvalue weighted by molar-refractivity contribution is 14.1. The summed E-state index contributed by atoms with van der Waals surface area (Å²) >= 11 is 2.24. The number of ether oxygens (including phenoxy) is 2. The zero-order chi connectivity index (χ0) is 22.2. The van der Waals surface area contributed by atoms with E-state index in [1.165, 1.54) is 5.56 Å². The lowest BCUT2D eigenvalue weighted by atomic mass is 9.97. The average molecular weight is 536 g/mol. The Kier molecular flexibility index (Phi) is 5.47. The van der Waals surface area contributed by atoms with Crippen LogP contribution in [-0.4, -0.2) is 29.0 Å². The van der Waals surface area contributed by atoms with E-state index >= 15 is 0 Å². The van der Waals surface area contributed by atoms with Gasteiger partial charge in [-0.1, -0.05) is 30.3 Å². The molecule has 6 nitrogen and oxygen atoms in total. The largest absolute Gasteiger partial charge is 0.497 e. The van der Waals surface area contributed by atoms with Crippen LogP contribution in [0.3, 0.4) is 0 Å². The number of fused-ring (bicyclic) bond motifs is 2. The first-order valence-electron chi connectivity index (χ1n) is 10.4. The van der Waals surface area contributed by atoms with Gasteiger partial charge in [-0.25, -0.2) is 4.98 Å². The number of hydrogen-bond acceptors (Lipinski definition) is 5. The molecule has 4 aromatic rings. The number of pyridine rings is 1. The van der Waals surface area contributed by atoms with Crippen LogP contribution in [0, 0.1) is 15.0 Å². The van der Waals surface area contributed by atoms with Gasteiger partial charge in [0.25, 0.3) is 0 Å². The molecule has 1 aliphatic carbocycles. The van der Waals surface area contributed by atoms with Gasteiger partial charge in [0, 0.05) is 11.6 Å². The third kappa shape index (κ3) is 3.48. The fourth-order valence-electron chi connectivity index (χ4n) is 4.42. The average Bonchev–Trinajstić information content (AvgIpc) is 3.39. The van der Waals surface area contributed by atoms with E-state index in [1.54, 1.807) is 14.2 Å². The minimum absolute atomic E-state index is 0.0490. The minimum atomic E-state index is -0.0490. The summed E-state index contributed by atoms with van der Waals surface area (Å²) < 4.78 is 13.8. The summed E-state index contributed by atoms with van der Waals surface area (Å²) in [6.45, 7) is 0.623. The minimum Gasteiger partial charge on any atom is -0.497 e. The number of nitrogens with zero attached hydrogens (tertiary/aromatic N) is 4. The van der Waals surface area contributed by atoms with E-state index in [-0.39, 0.29) is 5.92 Å². The van der Waals surface area contributed by atoms with Crippen LogP contribution in [0.5, 0.6) is 11.5 Å². The van der Waals surface area contributed by atoms with E-state index in [9.17, 15) is 5.26 Å². The van der Waals surface area contributed by atoms with Gasteiger partial charge in [-0.05, 0) is 64.3 Å². The molecule has 2 heterocycles. The van der Waals surface area contributed by atoms with Crippen molar-refractivity contribution in [3.8, 4) is 28.8 Å². The quantitative estimate of drug-likeness (QED) is 0.323. The maximum Gasteiger partial charge on any atom is 0.149 e. The fraction of sp³-hybridized carbons (Fsp3) is 0.240. The normalized spacial score (nSPS) is 14.9. The number of benzene rings is 2. The van der Waals surface area contributed by atoms with E-state index in [0.29, 0.717) is 12.3 Å². The molecule has 5 rings (SSSR count). The summed E-state index contributed by atoms with van der Waals surface area (Å²) in [4.78, 5) is 5.02. The lowest BCUT2D eigenvalue weighted by molar-refractivity contribution is 0.414. The van der Waals surface area contributed by atoms with Crippen molar-refractivity contribution in [2.75, 3.05) is 14.2 Å². The van der Waals surface area contributed by atoms with Gasteiger partial charge in [0.15, 0.2) is 0 Å². The van der Waals surface area contributed by atoms with Crippen molar-refractivity contribution in [1.29, 1.82) is 5.26 Å². The zero-order valence-electron chi connectivity index (χ0n) is 17.8. The molecule has 0 aliphatic heterocycles. The molecule has 0 N–H and O–H groups in total. The van der Waals surface area contributed by atoms with Gasteiger partial charge >= 0.3 is 0 Å². The van der Waals surface area contributed by atoms with E-state index < -0.39 is 0 Å². The second kappa shape index (κ2) is 8.43. The first-order chi connectivity index (χ1) is 15.6. The van der Waals surface area contributed by atoms with Crippen molar-refractivity contribution >= 4 is 33.6 Å².